The molecule has 0 amide bonds. The van der Waals surface area contributed by atoms with Crippen LogP contribution < -0.4 is 5.32 Å². The van der Waals surface area contributed by atoms with Crippen molar-refractivity contribution in [3.63, 3.8) is 0 Å². The van der Waals surface area contributed by atoms with Crippen molar-refractivity contribution >= 4 is 0 Å². The highest BCUT2D eigenvalue weighted by Gasteiger charge is 2.30. The summed E-state index contributed by atoms with van der Waals surface area (Å²) in [7, 11) is 0. The second kappa shape index (κ2) is 4.90. The van der Waals surface area contributed by atoms with Crippen LogP contribution in [0.1, 0.15) is 16.8 Å². The van der Waals surface area contributed by atoms with Gasteiger partial charge in [-0.1, -0.05) is 18.2 Å². The molecular weight excluding hydrogens is 265 g/mol. The molecule has 0 saturated heterocycles. The van der Waals surface area contributed by atoms with E-state index in [1.807, 2.05) is 12.1 Å². The summed E-state index contributed by atoms with van der Waals surface area (Å²) in [4.78, 5) is 4.55. The predicted molar refractivity (Wildman–Crippen MR) is 70.1 cm³/mol. The summed E-state index contributed by atoms with van der Waals surface area (Å²) in [5.41, 5.74) is 2.98. The molecule has 1 aliphatic rings. The van der Waals surface area contributed by atoms with E-state index >= 15 is 0 Å². The van der Waals surface area contributed by atoms with Gasteiger partial charge in [-0.2, -0.15) is 13.2 Å². The van der Waals surface area contributed by atoms with Crippen LogP contribution >= 0.6 is 0 Å². The van der Waals surface area contributed by atoms with Crippen LogP contribution in [0.3, 0.4) is 0 Å². The van der Waals surface area contributed by atoms with Gasteiger partial charge < -0.3 is 5.32 Å². The Morgan fingerprint density at radius 3 is 2.45 bits per heavy atom. The Hall–Kier alpha value is -1.88. The van der Waals surface area contributed by atoms with Gasteiger partial charge in [-0.3, -0.25) is 4.98 Å². The van der Waals surface area contributed by atoms with Crippen LogP contribution in [0.15, 0.2) is 36.4 Å². The van der Waals surface area contributed by atoms with Crippen LogP contribution in [-0.2, 0) is 19.1 Å². The molecule has 0 fully saturated rings. The van der Waals surface area contributed by atoms with Crippen molar-refractivity contribution in [2.75, 3.05) is 6.54 Å². The average molecular weight is 278 g/mol. The number of pyridine rings is 1. The first-order valence-corrected chi connectivity index (χ1v) is 6.41. The van der Waals surface area contributed by atoms with E-state index in [-0.39, 0.29) is 0 Å². The average Bonchev–Trinajstić information content (AvgIpc) is 2.46. The van der Waals surface area contributed by atoms with Gasteiger partial charge in [-0.15, -0.1) is 0 Å². The third kappa shape index (κ3) is 2.54. The van der Waals surface area contributed by atoms with Crippen molar-refractivity contribution in [3.8, 4) is 11.3 Å². The fourth-order valence-corrected chi connectivity index (χ4v) is 2.33. The molecular formula is C15H13F3N2. The molecule has 5 heteroatoms. The highest BCUT2D eigenvalue weighted by molar-refractivity contribution is 5.60. The minimum atomic E-state index is -4.30. The quantitative estimate of drug-likeness (QED) is 0.864. The molecule has 2 heterocycles. The first-order valence-electron chi connectivity index (χ1n) is 6.41. The number of hydrogen-bond donors (Lipinski definition) is 1. The fraction of sp³-hybridized carbons (Fsp3) is 0.267. The number of rotatable bonds is 1. The number of alkyl halides is 3. The van der Waals surface area contributed by atoms with Gasteiger partial charge in [0.05, 0.1) is 11.3 Å². The Kier molecular flexibility index (Phi) is 3.22. The van der Waals surface area contributed by atoms with Crippen LogP contribution in [0.4, 0.5) is 13.2 Å². The van der Waals surface area contributed by atoms with Crippen molar-refractivity contribution in [3.05, 3.63) is 53.2 Å². The Morgan fingerprint density at radius 2 is 1.75 bits per heavy atom. The van der Waals surface area contributed by atoms with E-state index in [4.69, 9.17) is 0 Å². The smallest absolute Gasteiger partial charge is 0.312 e. The second-order valence-electron chi connectivity index (χ2n) is 4.80. The minimum Gasteiger partial charge on any atom is -0.312 e. The molecule has 2 aromatic rings. The van der Waals surface area contributed by atoms with Gasteiger partial charge >= 0.3 is 6.18 Å². The van der Waals surface area contributed by atoms with Crippen molar-refractivity contribution < 1.29 is 13.2 Å². The lowest BCUT2D eigenvalue weighted by atomic mass is 10.0. The molecule has 20 heavy (non-hydrogen) atoms. The molecule has 1 aromatic heterocycles. The lowest BCUT2D eigenvalue weighted by molar-refractivity contribution is -0.137. The summed E-state index contributed by atoms with van der Waals surface area (Å²) in [5, 5.41) is 3.26. The van der Waals surface area contributed by atoms with E-state index < -0.39 is 11.7 Å². The third-order valence-corrected chi connectivity index (χ3v) is 3.43. The van der Waals surface area contributed by atoms with E-state index in [0.29, 0.717) is 5.56 Å². The zero-order valence-corrected chi connectivity index (χ0v) is 10.7. The fourth-order valence-electron chi connectivity index (χ4n) is 2.33. The van der Waals surface area contributed by atoms with E-state index in [9.17, 15) is 13.2 Å². The molecule has 1 aromatic carbocycles. The molecule has 0 aliphatic carbocycles. The summed E-state index contributed by atoms with van der Waals surface area (Å²) < 4.78 is 37.6. The second-order valence-corrected chi connectivity index (χ2v) is 4.80. The summed E-state index contributed by atoms with van der Waals surface area (Å²) in [6, 6.07) is 8.98. The van der Waals surface area contributed by atoms with Crippen LogP contribution in [-0.4, -0.2) is 11.5 Å². The zero-order valence-electron chi connectivity index (χ0n) is 10.7. The topological polar surface area (TPSA) is 24.9 Å². The summed E-state index contributed by atoms with van der Waals surface area (Å²) in [5.74, 6) is 0. The number of aromatic nitrogens is 1. The third-order valence-electron chi connectivity index (χ3n) is 3.43. The summed E-state index contributed by atoms with van der Waals surface area (Å²) in [6.07, 6.45) is -3.45. The van der Waals surface area contributed by atoms with Crippen molar-refractivity contribution in [2.45, 2.75) is 19.1 Å². The maximum absolute atomic E-state index is 12.5. The summed E-state index contributed by atoms with van der Waals surface area (Å²) >= 11 is 0. The minimum absolute atomic E-state index is 0.636. The van der Waals surface area contributed by atoms with Crippen LogP contribution in [0.2, 0.25) is 0 Å². The molecule has 0 unspecified atom stereocenters. The zero-order chi connectivity index (χ0) is 14.2. The molecule has 0 bridgehead atoms. The predicted octanol–water partition coefficient (Wildman–Crippen LogP) is 3.41. The number of nitrogens with one attached hydrogen (secondary N) is 1. The van der Waals surface area contributed by atoms with Gasteiger partial charge in [0.2, 0.25) is 0 Å². The van der Waals surface area contributed by atoms with Gasteiger partial charge in [0.1, 0.15) is 0 Å². The molecule has 0 spiro atoms. The summed E-state index contributed by atoms with van der Waals surface area (Å²) in [6.45, 7) is 1.69. The number of hydrogen-bond acceptors (Lipinski definition) is 2. The number of nitrogens with zero attached hydrogens (tertiary/aromatic N) is 1. The van der Waals surface area contributed by atoms with Crippen molar-refractivity contribution in [2.24, 2.45) is 0 Å². The van der Waals surface area contributed by atoms with Crippen molar-refractivity contribution in [1.82, 2.24) is 10.3 Å². The Labute approximate surface area is 114 Å². The Bertz CT molecular complexity index is 618. The molecule has 0 atom stereocenters. The van der Waals surface area contributed by atoms with Gasteiger partial charge in [-0.25, -0.2) is 0 Å². The molecule has 2 nitrogen and oxygen atoms in total. The maximum Gasteiger partial charge on any atom is 0.416 e. The SMILES string of the molecule is FC(F)(F)c1ccc(-c2ccc3c(n2)CCNC3)cc1. The lowest BCUT2D eigenvalue weighted by Gasteiger charge is -2.17. The highest BCUT2D eigenvalue weighted by Crippen LogP contribution is 2.30. The molecule has 0 radical (unpaired) electrons. The van der Waals surface area contributed by atoms with E-state index in [1.54, 1.807) is 0 Å². The molecule has 0 saturated carbocycles. The van der Waals surface area contributed by atoms with E-state index in [1.165, 1.54) is 12.1 Å². The largest absolute Gasteiger partial charge is 0.416 e. The number of halogens is 3. The molecule has 1 N–H and O–H groups in total. The first-order chi connectivity index (χ1) is 9.54. The van der Waals surface area contributed by atoms with E-state index in [2.05, 4.69) is 10.3 Å². The van der Waals surface area contributed by atoms with Gasteiger partial charge in [-0.05, 0) is 23.8 Å². The monoisotopic (exact) mass is 278 g/mol. The van der Waals surface area contributed by atoms with Gasteiger partial charge in [0, 0.05) is 30.8 Å². The highest BCUT2D eigenvalue weighted by atomic mass is 19.4. The standard InChI is InChI=1S/C15H13F3N2/c16-15(17,18)12-4-1-10(2-5-12)13-6-3-11-9-19-8-7-14(11)20-13/h1-6,19H,7-9H2. The number of fused-ring (bicyclic) bond motifs is 1. The maximum atomic E-state index is 12.5. The molecule has 3 rings (SSSR count). The van der Waals surface area contributed by atoms with Crippen LogP contribution in [0.5, 0.6) is 0 Å². The molecule has 1 aliphatic heterocycles. The van der Waals surface area contributed by atoms with Crippen LogP contribution in [0.25, 0.3) is 11.3 Å². The first kappa shape index (κ1) is 13.1. The Morgan fingerprint density at radius 1 is 1.00 bits per heavy atom. The Balaban J connectivity index is 1.93. The molecule has 104 valence electrons. The lowest BCUT2D eigenvalue weighted by Crippen LogP contribution is -2.24. The van der Waals surface area contributed by atoms with Crippen LogP contribution in [0, 0.1) is 0 Å². The normalized spacial score (nSPS) is 14.9. The van der Waals surface area contributed by atoms with E-state index in [0.717, 1.165) is 48.6 Å². The van der Waals surface area contributed by atoms with Crippen molar-refractivity contribution in [1.29, 1.82) is 0 Å². The number of benzene rings is 1. The van der Waals surface area contributed by atoms with Gasteiger partial charge in [0.25, 0.3) is 0 Å². The van der Waals surface area contributed by atoms with Gasteiger partial charge in [0.15, 0.2) is 0 Å².